The SMILES string of the molecule is Cc1ccc(C(=O)N(CCCN(C)C)C(C(=O)O)c2nc3cc(Cl)ccc3c(=O)n2Cc2ccccc2)cc1. The molecule has 0 aliphatic rings. The highest BCUT2D eigenvalue weighted by Gasteiger charge is 2.36. The summed E-state index contributed by atoms with van der Waals surface area (Å²) < 4.78 is 1.35. The van der Waals surface area contributed by atoms with E-state index in [1.165, 1.54) is 15.5 Å². The van der Waals surface area contributed by atoms with Crippen molar-refractivity contribution in [2.24, 2.45) is 0 Å². The predicted molar refractivity (Wildman–Crippen MR) is 152 cm³/mol. The summed E-state index contributed by atoms with van der Waals surface area (Å²) in [7, 11) is 3.82. The zero-order valence-electron chi connectivity index (χ0n) is 22.2. The molecule has 0 saturated carbocycles. The van der Waals surface area contributed by atoms with Crippen molar-refractivity contribution in [3.63, 3.8) is 0 Å². The standard InChI is InChI=1S/C30H31ClN4O4/c1-20-10-12-22(13-11-20)28(36)34(17-7-16-33(2)3)26(30(38)39)27-32-25-18-23(31)14-15-24(25)29(37)35(27)19-21-8-5-4-6-9-21/h4-6,8-15,18,26H,7,16-17,19H2,1-3H3,(H,38,39). The van der Waals surface area contributed by atoms with Crippen LogP contribution in [0.25, 0.3) is 10.9 Å². The number of fused-ring (bicyclic) bond motifs is 1. The minimum Gasteiger partial charge on any atom is -0.479 e. The van der Waals surface area contributed by atoms with Gasteiger partial charge in [-0.15, -0.1) is 0 Å². The minimum atomic E-state index is -1.51. The van der Waals surface area contributed by atoms with Gasteiger partial charge in [0.2, 0.25) is 0 Å². The molecule has 9 heteroatoms. The van der Waals surface area contributed by atoms with Crippen molar-refractivity contribution in [1.29, 1.82) is 0 Å². The summed E-state index contributed by atoms with van der Waals surface area (Å²) in [5, 5.41) is 11.2. The van der Waals surface area contributed by atoms with Crippen molar-refractivity contribution >= 4 is 34.4 Å². The first-order valence-corrected chi connectivity index (χ1v) is 13.0. The number of benzene rings is 3. The van der Waals surface area contributed by atoms with Gasteiger partial charge in [0.05, 0.1) is 17.4 Å². The van der Waals surface area contributed by atoms with Crippen LogP contribution in [0.15, 0.2) is 77.6 Å². The second-order valence-electron chi connectivity index (χ2n) is 9.77. The Kier molecular flexibility index (Phi) is 8.79. The van der Waals surface area contributed by atoms with Gasteiger partial charge in [0, 0.05) is 17.1 Å². The van der Waals surface area contributed by atoms with Gasteiger partial charge in [-0.25, -0.2) is 9.78 Å². The number of rotatable bonds is 10. The topological polar surface area (TPSA) is 95.7 Å². The van der Waals surface area contributed by atoms with Crippen molar-refractivity contribution < 1.29 is 14.7 Å². The number of carbonyl (C=O) groups excluding carboxylic acids is 1. The van der Waals surface area contributed by atoms with Crippen LogP contribution in [0.3, 0.4) is 0 Å². The largest absolute Gasteiger partial charge is 0.479 e. The van der Waals surface area contributed by atoms with Crippen LogP contribution in [0.2, 0.25) is 5.02 Å². The highest BCUT2D eigenvalue weighted by molar-refractivity contribution is 6.31. The van der Waals surface area contributed by atoms with Gasteiger partial charge in [0.15, 0.2) is 6.04 Å². The lowest BCUT2D eigenvalue weighted by molar-refractivity contribution is -0.143. The number of aryl methyl sites for hydroxylation is 1. The quantitative estimate of drug-likeness (QED) is 0.312. The normalized spacial score (nSPS) is 12.0. The van der Waals surface area contributed by atoms with E-state index in [1.54, 1.807) is 24.3 Å². The number of aromatic nitrogens is 2. The van der Waals surface area contributed by atoms with Crippen molar-refractivity contribution in [2.45, 2.75) is 25.9 Å². The highest BCUT2D eigenvalue weighted by Crippen LogP contribution is 2.26. The first-order chi connectivity index (χ1) is 18.7. The fourth-order valence-corrected chi connectivity index (χ4v) is 4.66. The van der Waals surface area contributed by atoms with Crippen LogP contribution in [0.5, 0.6) is 0 Å². The second-order valence-corrected chi connectivity index (χ2v) is 10.2. The molecule has 0 radical (unpaired) electrons. The number of halogens is 1. The molecule has 4 rings (SSSR count). The Hall–Kier alpha value is -4.01. The molecule has 1 atom stereocenters. The van der Waals surface area contributed by atoms with E-state index in [0.717, 1.165) is 11.1 Å². The average molecular weight is 547 g/mol. The molecule has 1 N–H and O–H groups in total. The molecule has 4 aromatic rings. The molecule has 1 amide bonds. The van der Waals surface area contributed by atoms with E-state index in [4.69, 9.17) is 11.6 Å². The second kappa shape index (κ2) is 12.2. The number of carbonyl (C=O) groups is 2. The maximum Gasteiger partial charge on any atom is 0.334 e. The van der Waals surface area contributed by atoms with Crippen LogP contribution < -0.4 is 5.56 Å². The minimum absolute atomic E-state index is 0.0311. The highest BCUT2D eigenvalue weighted by atomic mass is 35.5. The van der Waals surface area contributed by atoms with Crippen LogP contribution in [0.1, 0.15) is 39.8 Å². The molecule has 0 fully saturated rings. The van der Waals surface area contributed by atoms with Gasteiger partial charge in [0.25, 0.3) is 11.5 Å². The smallest absolute Gasteiger partial charge is 0.334 e. The number of aliphatic carboxylic acids is 1. The summed E-state index contributed by atoms with van der Waals surface area (Å²) in [5.41, 5.74) is 2.00. The van der Waals surface area contributed by atoms with E-state index in [1.807, 2.05) is 68.4 Å². The maximum absolute atomic E-state index is 13.8. The van der Waals surface area contributed by atoms with Crippen molar-refractivity contribution in [3.8, 4) is 0 Å². The number of nitrogens with zero attached hydrogens (tertiary/aromatic N) is 4. The number of carboxylic acid groups (broad SMARTS) is 1. The Bertz CT molecular complexity index is 1530. The van der Waals surface area contributed by atoms with Gasteiger partial charge < -0.3 is 14.9 Å². The lowest BCUT2D eigenvalue weighted by atomic mass is 10.1. The zero-order valence-corrected chi connectivity index (χ0v) is 22.9. The molecule has 0 bridgehead atoms. The summed E-state index contributed by atoms with van der Waals surface area (Å²) >= 11 is 6.20. The van der Waals surface area contributed by atoms with Crippen molar-refractivity contribution in [3.05, 3.63) is 111 Å². The monoisotopic (exact) mass is 546 g/mol. The number of hydrogen-bond acceptors (Lipinski definition) is 5. The number of amides is 1. The molecule has 1 unspecified atom stereocenters. The van der Waals surface area contributed by atoms with Gasteiger partial charge in [-0.2, -0.15) is 0 Å². The molecule has 3 aromatic carbocycles. The van der Waals surface area contributed by atoms with E-state index < -0.39 is 23.5 Å². The summed E-state index contributed by atoms with van der Waals surface area (Å²) in [6.45, 7) is 2.79. The van der Waals surface area contributed by atoms with Gasteiger partial charge in [-0.05, 0) is 69.9 Å². The molecule has 0 aliphatic heterocycles. The Morgan fingerprint density at radius 3 is 2.33 bits per heavy atom. The number of carboxylic acids is 1. The van der Waals surface area contributed by atoms with Crippen LogP contribution >= 0.6 is 11.6 Å². The maximum atomic E-state index is 13.8. The molecule has 202 valence electrons. The lowest BCUT2D eigenvalue weighted by Crippen LogP contribution is -2.43. The number of hydrogen-bond donors (Lipinski definition) is 1. The molecule has 8 nitrogen and oxygen atoms in total. The fraction of sp³-hybridized carbons (Fsp3) is 0.267. The van der Waals surface area contributed by atoms with Crippen LogP contribution in [-0.4, -0.2) is 63.5 Å². The van der Waals surface area contributed by atoms with Crippen LogP contribution in [0, 0.1) is 6.92 Å². The summed E-state index contributed by atoms with van der Waals surface area (Å²) in [6, 6.07) is 19.4. The molecule has 1 aromatic heterocycles. The van der Waals surface area contributed by atoms with E-state index in [0.29, 0.717) is 28.9 Å². The molecular formula is C30H31ClN4O4. The molecule has 1 heterocycles. The summed E-state index contributed by atoms with van der Waals surface area (Å²) in [4.78, 5) is 48.5. The van der Waals surface area contributed by atoms with Crippen LogP contribution in [-0.2, 0) is 11.3 Å². The first-order valence-electron chi connectivity index (χ1n) is 12.6. The van der Waals surface area contributed by atoms with E-state index in [-0.39, 0.29) is 24.4 Å². The molecule has 0 aliphatic carbocycles. The van der Waals surface area contributed by atoms with Gasteiger partial charge in [0.1, 0.15) is 5.82 Å². The molecule has 0 spiro atoms. The van der Waals surface area contributed by atoms with E-state index >= 15 is 0 Å². The molecular weight excluding hydrogens is 516 g/mol. The fourth-order valence-electron chi connectivity index (χ4n) is 4.49. The molecule has 39 heavy (non-hydrogen) atoms. The Balaban J connectivity index is 1.92. The third-order valence-electron chi connectivity index (χ3n) is 6.48. The molecule has 0 saturated heterocycles. The summed E-state index contributed by atoms with van der Waals surface area (Å²) in [6.07, 6.45) is 0.525. The zero-order chi connectivity index (χ0) is 28.1. The van der Waals surface area contributed by atoms with E-state index in [2.05, 4.69) is 4.98 Å². The Morgan fingerprint density at radius 1 is 1.00 bits per heavy atom. The van der Waals surface area contributed by atoms with Crippen molar-refractivity contribution in [1.82, 2.24) is 19.4 Å². The third kappa shape index (κ3) is 6.53. The van der Waals surface area contributed by atoms with Gasteiger partial charge in [-0.1, -0.05) is 59.6 Å². The van der Waals surface area contributed by atoms with Crippen LogP contribution in [0.4, 0.5) is 0 Å². The first kappa shape index (κ1) is 28.0. The van der Waals surface area contributed by atoms with Gasteiger partial charge >= 0.3 is 5.97 Å². The third-order valence-corrected chi connectivity index (χ3v) is 6.72. The summed E-state index contributed by atoms with van der Waals surface area (Å²) in [5.74, 6) is -1.76. The Morgan fingerprint density at radius 2 is 1.69 bits per heavy atom. The van der Waals surface area contributed by atoms with Crippen molar-refractivity contribution in [2.75, 3.05) is 27.2 Å². The predicted octanol–water partition coefficient (Wildman–Crippen LogP) is 4.63. The Labute approximate surface area is 232 Å². The van der Waals surface area contributed by atoms with Gasteiger partial charge in [-0.3, -0.25) is 14.2 Å². The lowest BCUT2D eigenvalue weighted by Gasteiger charge is -2.31. The van der Waals surface area contributed by atoms with E-state index in [9.17, 15) is 19.5 Å². The average Bonchev–Trinajstić information content (AvgIpc) is 2.90.